The van der Waals surface area contributed by atoms with Crippen molar-refractivity contribution in [2.45, 2.75) is 32.2 Å². The zero-order valence-corrected chi connectivity index (χ0v) is 12.9. The number of nitrogens with one attached hydrogen (secondary N) is 1. The highest BCUT2D eigenvalue weighted by Crippen LogP contribution is 2.33. The number of unbranched alkanes of at least 4 members (excludes halogenated alkanes) is 1. The first-order valence-electron chi connectivity index (χ1n) is 7.43. The minimum atomic E-state index is 0.288. The highest BCUT2D eigenvalue weighted by Gasteiger charge is 2.18. The molecule has 1 aromatic carbocycles. The normalized spacial score (nSPS) is 14.6. The van der Waals surface area contributed by atoms with Crippen molar-refractivity contribution >= 4 is 5.84 Å². The second kappa shape index (κ2) is 7.31. The van der Waals surface area contributed by atoms with Gasteiger partial charge >= 0.3 is 0 Å². The Labute approximate surface area is 126 Å². The highest BCUT2D eigenvalue weighted by molar-refractivity contribution is 5.76. The van der Waals surface area contributed by atoms with Gasteiger partial charge in [-0.05, 0) is 49.1 Å². The van der Waals surface area contributed by atoms with Gasteiger partial charge in [-0.25, -0.2) is 0 Å². The summed E-state index contributed by atoms with van der Waals surface area (Å²) in [5.74, 6) is 1.90. The van der Waals surface area contributed by atoms with Crippen molar-refractivity contribution in [2.24, 2.45) is 5.73 Å². The van der Waals surface area contributed by atoms with Gasteiger partial charge < -0.3 is 15.2 Å². The molecule has 0 aliphatic carbocycles. The van der Waals surface area contributed by atoms with Crippen LogP contribution in [0.3, 0.4) is 0 Å². The van der Waals surface area contributed by atoms with Crippen molar-refractivity contribution in [3.63, 3.8) is 0 Å². The van der Waals surface area contributed by atoms with Crippen LogP contribution in [-0.2, 0) is 13.0 Å². The van der Waals surface area contributed by atoms with E-state index in [1.807, 2.05) is 0 Å². The zero-order valence-electron chi connectivity index (χ0n) is 12.9. The first kappa shape index (κ1) is 15.6. The molecule has 3 N–H and O–H groups in total. The maximum atomic E-state index is 7.24. The van der Waals surface area contributed by atoms with Crippen LogP contribution in [0, 0.1) is 5.41 Å². The number of nitrogens with zero attached hydrogens (tertiary/aromatic N) is 1. The molecule has 1 aliphatic rings. The number of fused-ring (bicyclic) bond motifs is 1. The molecule has 0 aromatic heterocycles. The zero-order chi connectivity index (χ0) is 15.2. The van der Waals surface area contributed by atoms with E-state index >= 15 is 0 Å². The van der Waals surface area contributed by atoms with Crippen LogP contribution in [0.5, 0.6) is 11.5 Å². The maximum Gasteiger partial charge on any atom is 0.161 e. The second-order valence-corrected chi connectivity index (χ2v) is 5.48. The molecule has 0 fully saturated rings. The maximum absolute atomic E-state index is 7.24. The Bertz CT molecular complexity index is 503. The van der Waals surface area contributed by atoms with Gasteiger partial charge in [-0.1, -0.05) is 0 Å². The number of amidine groups is 1. The standard InChI is InChI=1S/C16H25N3O2/c1-20-14-9-12-6-8-19(7-4-3-5-16(17)18)11-13(12)10-15(14)21-2/h9-10H,3-8,11H2,1-2H3,(H3,17,18). The van der Waals surface area contributed by atoms with E-state index in [1.165, 1.54) is 11.1 Å². The van der Waals surface area contributed by atoms with E-state index in [2.05, 4.69) is 17.0 Å². The molecule has 1 aliphatic heterocycles. The lowest BCUT2D eigenvalue weighted by molar-refractivity contribution is 0.248. The minimum Gasteiger partial charge on any atom is -0.493 e. The molecule has 2 rings (SSSR count). The molecule has 0 unspecified atom stereocenters. The number of rotatable bonds is 7. The second-order valence-electron chi connectivity index (χ2n) is 5.48. The smallest absolute Gasteiger partial charge is 0.161 e. The molecule has 0 saturated heterocycles. The molecule has 0 bridgehead atoms. The number of nitrogens with two attached hydrogens (primary N) is 1. The highest BCUT2D eigenvalue weighted by atomic mass is 16.5. The van der Waals surface area contributed by atoms with Crippen LogP contribution < -0.4 is 15.2 Å². The van der Waals surface area contributed by atoms with E-state index in [-0.39, 0.29) is 5.84 Å². The molecule has 21 heavy (non-hydrogen) atoms. The first-order valence-corrected chi connectivity index (χ1v) is 7.43. The summed E-state index contributed by atoms with van der Waals surface area (Å²) in [6, 6.07) is 4.19. The molecule has 5 nitrogen and oxygen atoms in total. The Hall–Kier alpha value is -1.75. The van der Waals surface area contributed by atoms with Crippen molar-refractivity contribution in [3.8, 4) is 11.5 Å². The molecule has 0 spiro atoms. The summed E-state index contributed by atoms with van der Waals surface area (Å²) in [6.45, 7) is 3.08. The summed E-state index contributed by atoms with van der Waals surface area (Å²) in [5.41, 5.74) is 8.06. The molecule has 5 heteroatoms. The fraction of sp³-hybridized carbons (Fsp3) is 0.562. The lowest BCUT2D eigenvalue weighted by Gasteiger charge is -2.29. The molecular formula is C16H25N3O2. The van der Waals surface area contributed by atoms with Crippen LogP contribution in [0.15, 0.2) is 12.1 Å². The SMILES string of the molecule is COc1cc2c(cc1OC)CN(CCCCC(=N)N)CC2. The van der Waals surface area contributed by atoms with Gasteiger partial charge in [-0.15, -0.1) is 0 Å². The van der Waals surface area contributed by atoms with Gasteiger partial charge in [-0.3, -0.25) is 10.3 Å². The number of ether oxygens (including phenoxy) is 2. The van der Waals surface area contributed by atoms with E-state index < -0.39 is 0 Å². The minimum absolute atomic E-state index is 0.288. The summed E-state index contributed by atoms with van der Waals surface area (Å²) in [7, 11) is 3.35. The Morgan fingerprint density at radius 1 is 1.19 bits per heavy atom. The van der Waals surface area contributed by atoms with E-state index in [0.29, 0.717) is 6.42 Å². The molecule has 0 saturated carbocycles. The summed E-state index contributed by atoms with van der Waals surface area (Å²) >= 11 is 0. The lowest BCUT2D eigenvalue weighted by Crippen LogP contribution is -2.31. The fourth-order valence-corrected chi connectivity index (χ4v) is 2.78. The van der Waals surface area contributed by atoms with Crippen LogP contribution in [0.4, 0.5) is 0 Å². The summed E-state index contributed by atoms with van der Waals surface area (Å²) < 4.78 is 10.7. The van der Waals surface area contributed by atoms with Crippen LogP contribution in [0.25, 0.3) is 0 Å². The number of hydrogen-bond donors (Lipinski definition) is 2. The van der Waals surface area contributed by atoms with Gasteiger partial charge in [0.15, 0.2) is 11.5 Å². The summed E-state index contributed by atoms with van der Waals surface area (Å²) in [6.07, 6.45) is 3.82. The molecule has 1 heterocycles. The monoisotopic (exact) mass is 291 g/mol. The first-order chi connectivity index (χ1) is 10.1. The van der Waals surface area contributed by atoms with E-state index in [9.17, 15) is 0 Å². The van der Waals surface area contributed by atoms with Crippen LogP contribution >= 0.6 is 0 Å². The summed E-state index contributed by atoms with van der Waals surface area (Å²) in [4.78, 5) is 2.45. The Kier molecular flexibility index (Phi) is 5.44. The molecular weight excluding hydrogens is 266 g/mol. The van der Waals surface area contributed by atoms with Gasteiger partial charge in [0.1, 0.15) is 0 Å². The quantitative estimate of drug-likeness (QED) is 0.459. The van der Waals surface area contributed by atoms with Crippen LogP contribution in [0.2, 0.25) is 0 Å². The molecule has 0 amide bonds. The third-order valence-corrected chi connectivity index (χ3v) is 3.97. The number of hydrogen-bond acceptors (Lipinski definition) is 4. The van der Waals surface area contributed by atoms with E-state index in [4.69, 9.17) is 20.6 Å². The van der Waals surface area contributed by atoms with Gasteiger partial charge in [0, 0.05) is 19.5 Å². The largest absolute Gasteiger partial charge is 0.493 e. The fourth-order valence-electron chi connectivity index (χ4n) is 2.78. The van der Waals surface area contributed by atoms with Crippen molar-refractivity contribution in [1.29, 1.82) is 5.41 Å². The average Bonchev–Trinajstić information content (AvgIpc) is 2.49. The van der Waals surface area contributed by atoms with Gasteiger partial charge in [0.25, 0.3) is 0 Å². The van der Waals surface area contributed by atoms with Crippen LogP contribution in [0.1, 0.15) is 30.4 Å². The number of methoxy groups -OCH3 is 2. The third kappa shape index (κ3) is 4.11. The number of benzene rings is 1. The van der Waals surface area contributed by atoms with E-state index in [0.717, 1.165) is 50.4 Å². The Balaban J connectivity index is 1.95. The van der Waals surface area contributed by atoms with Crippen molar-refractivity contribution < 1.29 is 9.47 Å². The average molecular weight is 291 g/mol. The van der Waals surface area contributed by atoms with Gasteiger partial charge in [0.05, 0.1) is 20.1 Å². The molecule has 1 aromatic rings. The van der Waals surface area contributed by atoms with E-state index in [1.54, 1.807) is 14.2 Å². The van der Waals surface area contributed by atoms with Gasteiger partial charge in [0.2, 0.25) is 0 Å². The Morgan fingerprint density at radius 3 is 2.48 bits per heavy atom. The molecule has 116 valence electrons. The predicted octanol–water partition coefficient (Wildman–Crippen LogP) is 2.17. The predicted molar refractivity (Wildman–Crippen MR) is 84.3 cm³/mol. The Morgan fingerprint density at radius 2 is 1.86 bits per heavy atom. The summed E-state index contributed by atoms with van der Waals surface area (Å²) in [5, 5.41) is 7.24. The van der Waals surface area contributed by atoms with Crippen molar-refractivity contribution in [3.05, 3.63) is 23.3 Å². The lowest BCUT2D eigenvalue weighted by atomic mass is 9.98. The van der Waals surface area contributed by atoms with Crippen molar-refractivity contribution in [1.82, 2.24) is 4.90 Å². The van der Waals surface area contributed by atoms with Gasteiger partial charge in [-0.2, -0.15) is 0 Å². The van der Waals surface area contributed by atoms with Crippen LogP contribution in [-0.4, -0.2) is 38.0 Å². The topological polar surface area (TPSA) is 71.6 Å². The van der Waals surface area contributed by atoms with Crippen molar-refractivity contribution in [2.75, 3.05) is 27.3 Å². The molecule has 0 radical (unpaired) electrons. The third-order valence-electron chi connectivity index (χ3n) is 3.97. The molecule has 0 atom stereocenters.